The first kappa shape index (κ1) is 21.5. The molecule has 29 heavy (non-hydrogen) atoms. The van der Waals surface area contributed by atoms with E-state index < -0.39 is 0 Å². The molecule has 2 heterocycles. The zero-order valence-electron chi connectivity index (χ0n) is 17.3. The highest BCUT2D eigenvalue weighted by Gasteiger charge is 2.24. The Bertz CT molecular complexity index is 805. The largest absolute Gasteiger partial charge is 0.372 e. The molecule has 6 nitrogen and oxygen atoms in total. The summed E-state index contributed by atoms with van der Waals surface area (Å²) < 4.78 is 20.4. The van der Waals surface area contributed by atoms with E-state index in [1.165, 1.54) is 10.9 Å². The summed E-state index contributed by atoms with van der Waals surface area (Å²) >= 11 is 1.66. The van der Waals surface area contributed by atoms with Crippen LogP contribution in [0.25, 0.3) is 0 Å². The van der Waals surface area contributed by atoms with Crippen LogP contribution in [0.1, 0.15) is 24.8 Å². The second-order valence-electron chi connectivity index (χ2n) is 7.66. The van der Waals surface area contributed by atoms with Crippen LogP contribution in [0.4, 0.5) is 20.6 Å². The van der Waals surface area contributed by atoms with E-state index in [1.54, 1.807) is 23.5 Å². The Morgan fingerprint density at radius 3 is 2.62 bits per heavy atom. The zero-order valence-corrected chi connectivity index (χ0v) is 18.1. The highest BCUT2D eigenvalue weighted by molar-refractivity contribution is 7.10. The quantitative estimate of drug-likeness (QED) is 0.744. The highest BCUT2D eigenvalue weighted by Crippen LogP contribution is 2.26. The predicted molar refractivity (Wildman–Crippen MR) is 116 cm³/mol. The monoisotopic (exact) mass is 420 g/mol. The van der Waals surface area contributed by atoms with Gasteiger partial charge in [0.05, 0.1) is 23.9 Å². The second kappa shape index (κ2) is 9.56. The van der Waals surface area contributed by atoms with Crippen LogP contribution in [-0.2, 0) is 4.74 Å². The smallest absolute Gasteiger partial charge is 0.319 e. The van der Waals surface area contributed by atoms with Gasteiger partial charge in [-0.05, 0) is 57.6 Å². The van der Waals surface area contributed by atoms with E-state index in [-0.39, 0.29) is 30.1 Å². The molecular weight excluding hydrogens is 391 g/mol. The molecule has 0 unspecified atom stereocenters. The van der Waals surface area contributed by atoms with Crippen LogP contribution >= 0.6 is 11.3 Å². The number of hydrogen-bond acceptors (Lipinski definition) is 5. The maximum absolute atomic E-state index is 14.7. The number of halogens is 1. The second-order valence-corrected chi connectivity index (χ2v) is 8.64. The van der Waals surface area contributed by atoms with Gasteiger partial charge in [0.2, 0.25) is 0 Å². The molecule has 0 aliphatic carbocycles. The van der Waals surface area contributed by atoms with Gasteiger partial charge in [0.25, 0.3) is 0 Å². The third-order valence-electron chi connectivity index (χ3n) is 4.92. The maximum Gasteiger partial charge on any atom is 0.319 e. The number of nitrogens with zero attached hydrogens (tertiary/aromatic N) is 2. The summed E-state index contributed by atoms with van der Waals surface area (Å²) in [7, 11) is 3.96. The third kappa shape index (κ3) is 5.68. The summed E-state index contributed by atoms with van der Waals surface area (Å²) in [5.74, 6) is -0.353. The maximum atomic E-state index is 14.7. The average Bonchev–Trinajstić information content (AvgIpc) is 3.15. The lowest BCUT2D eigenvalue weighted by Crippen LogP contribution is -2.45. The Morgan fingerprint density at radius 1 is 1.31 bits per heavy atom. The molecule has 1 saturated heterocycles. The van der Waals surface area contributed by atoms with Gasteiger partial charge in [-0.25, -0.2) is 9.18 Å². The van der Waals surface area contributed by atoms with Crippen molar-refractivity contribution < 1.29 is 13.9 Å². The lowest BCUT2D eigenvalue weighted by molar-refractivity contribution is -0.00539. The van der Waals surface area contributed by atoms with Crippen molar-refractivity contribution >= 4 is 28.7 Å². The minimum Gasteiger partial charge on any atom is -0.372 e. The van der Waals surface area contributed by atoms with Crippen molar-refractivity contribution in [1.82, 2.24) is 10.2 Å². The standard InChI is InChI=1S/C21H29FN4O2S/c1-14-12-26(13-15(2)28-14)18-8-7-16(10-17(18)22)24-21(27)23-11-19(25(3)4)20-6-5-9-29-20/h5-10,14-15,19H,11-13H2,1-4H3,(H2,23,24,27)/t14-,15-,19+/m1/s1. The van der Waals surface area contributed by atoms with E-state index in [1.807, 2.05) is 44.3 Å². The topological polar surface area (TPSA) is 56.8 Å². The van der Waals surface area contributed by atoms with Crippen molar-refractivity contribution in [3.05, 3.63) is 46.4 Å². The van der Waals surface area contributed by atoms with Crippen molar-refractivity contribution in [2.45, 2.75) is 32.1 Å². The Labute approximate surface area is 175 Å². The van der Waals surface area contributed by atoms with Gasteiger partial charge in [0, 0.05) is 30.2 Å². The van der Waals surface area contributed by atoms with Gasteiger partial charge in [-0.2, -0.15) is 0 Å². The molecule has 0 saturated carbocycles. The van der Waals surface area contributed by atoms with Crippen LogP contribution in [0.3, 0.4) is 0 Å². The van der Waals surface area contributed by atoms with Gasteiger partial charge in [0.1, 0.15) is 5.82 Å². The van der Waals surface area contributed by atoms with Gasteiger partial charge in [0.15, 0.2) is 0 Å². The molecule has 3 rings (SSSR count). The number of nitrogens with one attached hydrogen (secondary N) is 2. The van der Waals surface area contributed by atoms with E-state index in [9.17, 15) is 9.18 Å². The number of ether oxygens (including phenoxy) is 1. The minimum absolute atomic E-state index is 0.0507. The summed E-state index contributed by atoms with van der Waals surface area (Å²) in [6.45, 7) is 5.71. The van der Waals surface area contributed by atoms with E-state index in [2.05, 4.69) is 21.6 Å². The molecule has 0 spiro atoms. The highest BCUT2D eigenvalue weighted by atomic mass is 32.1. The predicted octanol–water partition coefficient (Wildman–Crippen LogP) is 3.93. The zero-order chi connectivity index (χ0) is 21.0. The average molecular weight is 421 g/mol. The van der Waals surface area contributed by atoms with Gasteiger partial charge in [-0.15, -0.1) is 11.3 Å². The van der Waals surface area contributed by atoms with Crippen molar-refractivity contribution in [2.75, 3.05) is 43.9 Å². The molecule has 1 aromatic heterocycles. The van der Waals surface area contributed by atoms with Crippen molar-refractivity contribution in [3.8, 4) is 0 Å². The number of thiophene rings is 1. The van der Waals surface area contributed by atoms with Crippen LogP contribution in [0.5, 0.6) is 0 Å². The summed E-state index contributed by atoms with van der Waals surface area (Å²) in [4.78, 5) is 17.5. The van der Waals surface area contributed by atoms with Crippen LogP contribution < -0.4 is 15.5 Å². The first-order chi connectivity index (χ1) is 13.8. The Kier molecular flexibility index (Phi) is 7.10. The fourth-order valence-corrected chi connectivity index (χ4v) is 4.52. The molecule has 158 valence electrons. The van der Waals surface area contributed by atoms with Crippen molar-refractivity contribution in [2.24, 2.45) is 0 Å². The molecule has 2 amide bonds. The SMILES string of the molecule is C[C@@H]1CN(c2ccc(NC(=O)NC[C@@H](c3cccs3)N(C)C)cc2F)C[C@@H](C)O1. The number of hydrogen-bond donors (Lipinski definition) is 2. The van der Waals surface area contributed by atoms with E-state index >= 15 is 0 Å². The number of likely N-dealkylation sites (N-methyl/N-ethyl adjacent to an activating group) is 1. The number of carbonyl (C=O) groups is 1. The van der Waals surface area contributed by atoms with Crippen molar-refractivity contribution in [3.63, 3.8) is 0 Å². The van der Waals surface area contributed by atoms with Gasteiger partial charge < -0.3 is 25.2 Å². The number of rotatable bonds is 6. The number of carbonyl (C=O) groups excluding carboxylic acids is 1. The Morgan fingerprint density at radius 2 is 2.03 bits per heavy atom. The number of anilines is 2. The minimum atomic E-state index is -0.353. The number of amides is 2. The fourth-order valence-electron chi connectivity index (χ4n) is 3.60. The summed E-state index contributed by atoms with van der Waals surface area (Å²) in [6, 6.07) is 8.59. The first-order valence-corrected chi connectivity index (χ1v) is 10.7. The number of morpholine rings is 1. The normalized spacial score (nSPS) is 20.6. The number of benzene rings is 1. The van der Waals surface area contributed by atoms with Gasteiger partial charge >= 0.3 is 6.03 Å². The summed E-state index contributed by atoms with van der Waals surface area (Å²) in [5, 5.41) is 7.62. The molecule has 1 aliphatic heterocycles. The molecular formula is C21H29FN4O2S. The third-order valence-corrected chi connectivity index (χ3v) is 5.89. The van der Waals surface area contributed by atoms with Crippen LogP contribution in [0.15, 0.2) is 35.7 Å². The van der Waals surface area contributed by atoms with Crippen LogP contribution in [0.2, 0.25) is 0 Å². The molecule has 2 aromatic rings. The van der Waals surface area contributed by atoms with Crippen molar-refractivity contribution in [1.29, 1.82) is 0 Å². The van der Waals surface area contributed by atoms with Gasteiger partial charge in [-0.3, -0.25) is 0 Å². The lowest BCUT2D eigenvalue weighted by atomic mass is 10.2. The molecule has 1 fully saturated rings. The van der Waals surface area contributed by atoms with E-state index in [4.69, 9.17) is 4.74 Å². The Balaban J connectivity index is 1.58. The Hall–Kier alpha value is -2.16. The van der Waals surface area contributed by atoms with Crippen LogP contribution in [0, 0.1) is 5.82 Å². The fraction of sp³-hybridized carbons (Fsp3) is 0.476. The molecule has 0 radical (unpaired) electrons. The molecule has 3 atom stereocenters. The molecule has 8 heteroatoms. The summed E-state index contributed by atoms with van der Waals surface area (Å²) in [6.07, 6.45) is 0.101. The first-order valence-electron chi connectivity index (χ1n) is 9.78. The molecule has 0 bridgehead atoms. The van der Waals surface area contributed by atoms with E-state index in [0.29, 0.717) is 31.0 Å². The lowest BCUT2D eigenvalue weighted by Gasteiger charge is -2.37. The van der Waals surface area contributed by atoms with E-state index in [0.717, 1.165) is 0 Å². The molecule has 1 aliphatic rings. The van der Waals surface area contributed by atoms with Gasteiger partial charge in [-0.1, -0.05) is 6.07 Å². The molecule has 2 N–H and O–H groups in total. The summed E-state index contributed by atoms with van der Waals surface area (Å²) in [5.41, 5.74) is 0.957. The van der Waals surface area contributed by atoms with Crippen LogP contribution in [-0.4, -0.2) is 56.9 Å². The number of urea groups is 1. The molecule has 1 aromatic carbocycles.